The maximum absolute atomic E-state index is 13.4. The SMILES string of the molecule is C[C@H](N[C@H]1c2ccccc2CCC1(C)C)c1cncc(F)c1. The van der Waals surface area contributed by atoms with E-state index in [0.717, 1.165) is 18.4 Å². The maximum atomic E-state index is 13.4. The Hall–Kier alpha value is -1.74. The molecule has 0 unspecified atom stereocenters. The molecule has 116 valence electrons. The van der Waals surface area contributed by atoms with Gasteiger partial charge in [-0.3, -0.25) is 4.98 Å². The van der Waals surface area contributed by atoms with Crippen molar-refractivity contribution in [2.45, 2.75) is 45.7 Å². The number of hydrogen-bond acceptors (Lipinski definition) is 2. The van der Waals surface area contributed by atoms with Gasteiger partial charge in [0.1, 0.15) is 5.82 Å². The third-order valence-corrected chi connectivity index (χ3v) is 4.83. The monoisotopic (exact) mass is 298 g/mol. The molecule has 3 heteroatoms. The molecule has 3 rings (SSSR count). The highest BCUT2D eigenvalue weighted by atomic mass is 19.1. The number of nitrogens with zero attached hydrogens (tertiary/aromatic N) is 1. The number of fused-ring (bicyclic) bond motifs is 1. The Bertz CT molecular complexity index is 666. The van der Waals surface area contributed by atoms with Crippen LogP contribution >= 0.6 is 0 Å². The van der Waals surface area contributed by atoms with Crippen molar-refractivity contribution in [2.75, 3.05) is 0 Å². The van der Waals surface area contributed by atoms with Gasteiger partial charge in [-0.25, -0.2) is 4.39 Å². The maximum Gasteiger partial charge on any atom is 0.141 e. The van der Waals surface area contributed by atoms with E-state index in [9.17, 15) is 4.39 Å². The highest BCUT2D eigenvalue weighted by molar-refractivity contribution is 5.34. The van der Waals surface area contributed by atoms with Crippen LogP contribution in [0.3, 0.4) is 0 Å². The number of benzene rings is 1. The fourth-order valence-electron chi connectivity index (χ4n) is 3.39. The zero-order valence-corrected chi connectivity index (χ0v) is 13.4. The van der Waals surface area contributed by atoms with E-state index in [0.29, 0.717) is 0 Å². The lowest BCUT2D eigenvalue weighted by atomic mass is 9.70. The topological polar surface area (TPSA) is 24.9 Å². The van der Waals surface area contributed by atoms with Crippen molar-refractivity contribution in [1.29, 1.82) is 0 Å². The van der Waals surface area contributed by atoms with Gasteiger partial charge in [0.05, 0.1) is 6.20 Å². The minimum Gasteiger partial charge on any atom is -0.303 e. The van der Waals surface area contributed by atoms with Gasteiger partial charge in [0, 0.05) is 18.3 Å². The van der Waals surface area contributed by atoms with E-state index in [1.165, 1.54) is 17.3 Å². The lowest BCUT2D eigenvalue weighted by Gasteiger charge is -2.42. The van der Waals surface area contributed by atoms with E-state index in [2.05, 4.69) is 55.3 Å². The molecule has 2 nitrogen and oxygen atoms in total. The van der Waals surface area contributed by atoms with Crippen LogP contribution in [0.5, 0.6) is 0 Å². The van der Waals surface area contributed by atoms with Gasteiger partial charge in [-0.1, -0.05) is 38.1 Å². The number of aromatic nitrogens is 1. The summed E-state index contributed by atoms with van der Waals surface area (Å²) in [4.78, 5) is 3.96. The Morgan fingerprint density at radius 1 is 1.27 bits per heavy atom. The van der Waals surface area contributed by atoms with E-state index in [-0.39, 0.29) is 23.3 Å². The highest BCUT2D eigenvalue weighted by Gasteiger charge is 2.36. The zero-order chi connectivity index (χ0) is 15.7. The molecule has 1 aliphatic carbocycles. The van der Waals surface area contributed by atoms with Crippen molar-refractivity contribution < 1.29 is 4.39 Å². The summed E-state index contributed by atoms with van der Waals surface area (Å²) in [6, 6.07) is 10.5. The Balaban J connectivity index is 1.89. The summed E-state index contributed by atoms with van der Waals surface area (Å²) in [5, 5.41) is 3.70. The largest absolute Gasteiger partial charge is 0.303 e. The molecule has 2 aromatic rings. The van der Waals surface area contributed by atoms with E-state index in [1.807, 2.05) is 0 Å². The molecule has 2 atom stereocenters. The number of nitrogens with one attached hydrogen (secondary N) is 1. The first-order valence-electron chi connectivity index (χ1n) is 7.92. The van der Waals surface area contributed by atoms with Crippen molar-refractivity contribution in [3.63, 3.8) is 0 Å². The van der Waals surface area contributed by atoms with Crippen LogP contribution in [0.1, 0.15) is 56.0 Å². The molecule has 0 radical (unpaired) electrons. The average molecular weight is 298 g/mol. The third-order valence-electron chi connectivity index (χ3n) is 4.83. The van der Waals surface area contributed by atoms with E-state index in [4.69, 9.17) is 0 Å². The number of aryl methyl sites for hydroxylation is 1. The first-order chi connectivity index (χ1) is 10.5. The van der Waals surface area contributed by atoms with Gasteiger partial charge in [0.15, 0.2) is 0 Å². The third kappa shape index (κ3) is 2.91. The lowest BCUT2D eigenvalue weighted by molar-refractivity contribution is 0.196. The summed E-state index contributed by atoms with van der Waals surface area (Å²) >= 11 is 0. The van der Waals surface area contributed by atoms with Crippen molar-refractivity contribution in [3.05, 3.63) is 65.2 Å². The molecule has 1 aromatic carbocycles. The molecule has 0 fully saturated rings. The molecule has 0 amide bonds. The smallest absolute Gasteiger partial charge is 0.141 e. The van der Waals surface area contributed by atoms with Gasteiger partial charge >= 0.3 is 0 Å². The fourth-order valence-corrected chi connectivity index (χ4v) is 3.39. The summed E-state index contributed by atoms with van der Waals surface area (Å²) in [5.74, 6) is -0.283. The van der Waals surface area contributed by atoms with Crippen LogP contribution in [0.2, 0.25) is 0 Å². The lowest BCUT2D eigenvalue weighted by Crippen LogP contribution is -2.39. The molecule has 0 saturated carbocycles. The van der Waals surface area contributed by atoms with Crippen LogP contribution in [-0.2, 0) is 6.42 Å². The van der Waals surface area contributed by atoms with Crippen LogP contribution in [0.25, 0.3) is 0 Å². The predicted molar refractivity (Wildman–Crippen MR) is 87.0 cm³/mol. The Labute approximate surface area is 131 Å². The molecule has 1 N–H and O–H groups in total. The number of hydrogen-bond donors (Lipinski definition) is 1. The first-order valence-corrected chi connectivity index (χ1v) is 7.92. The summed E-state index contributed by atoms with van der Waals surface area (Å²) in [6.45, 7) is 6.68. The Morgan fingerprint density at radius 2 is 2.05 bits per heavy atom. The molecule has 0 spiro atoms. The quantitative estimate of drug-likeness (QED) is 0.897. The predicted octanol–water partition coefficient (Wildman–Crippen LogP) is 4.59. The number of halogens is 1. The molecular weight excluding hydrogens is 275 g/mol. The van der Waals surface area contributed by atoms with Crippen molar-refractivity contribution in [2.24, 2.45) is 5.41 Å². The second-order valence-corrected chi connectivity index (χ2v) is 6.95. The van der Waals surface area contributed by atoms with Gasteiger partial charge in [0.25, 0.3) is 0 Å². The number of pyridine rings is 1. The molecular formula is C19H23FN2. The minimum absolute atomic E-state index is 0.0543. The van der Waals surface area contributed by atoms with Crippen LogP contribution in [0, 0.1) is 11.2 Å². The van der Waals surface area contributed by atoms with Crippen molar-refractivity contribution in [3.8, 4) is 0 Å². The van der Waals surface area contributed by atoms with E-state index >= 15 is 0 Å². The fraction of sp³-hybridized carbons (Fsp3) is 0.421. The highest BCUT2D eigenvalue weighted by Crippen LogP contribution is 2.44. The second kappa shape index (κ2) is 5.81. The molecule has 0 bridgehead atoms. The second-order valence-electron chi connectivity index (χ2n) is 6.95. The van der Waals surface area contributed by atoms with Crippen LogP contribution in [0.15, 0.2) is 42.7 Å². The summed E-state index contributed by atoms with van der Waals surface area (Å²) in [5.41, 5.74) is 3.85. The van der Waals surface area contributed by atoms with Crippen LogP contribution in [0.4, 0.5) is 4.39 Å². The normalized spacial score (nSPS) is 21.2. The van der Waals surface area contributed by atoms with Gasteiger partial charge in [-0.05, 0) is 47.9 Å². The summed E-state index contributed by atoms with van der Waals surface area (Å²) in [6.07, 6.45) is 5.26. The molecule has 1 aromatic heterocycles. The van der Waals surface area contributed by atoms with Crippen LogP contribution in [-0.4, -0.2) is 4.98 Å². The van der Waals surface area contributed by atoms with Gasteiger partial charge in [-0.2, -0.15) is 0 Å². The zero-order valence-electron chi connectivity index (χ0n) is 13.4. The Kier molecular flexibility index (Phi) is 4.00. The Morgan fingerprint density at radius 3 is 2.82 bits per heavy atom. The average Bonchev–Trinajstić information content (AvgIpc) is 2.50. The van der Waals surface area contributed by atoms with Gasteiger partial charge in [-0.15, -0.1) is 0 Å². The first kappa shape index (κ1) is 15.2. The summed E-state index contributed by atoms with van der Waals surface area (Å²) in [7, 11) is 0. The van der Waals surface area contributed by atoms with E-state index < -0.39 is 0 Å². The summed E-state index contributed by atoms with van der Waals surface area (Å²) < 4.78 is 13.4. The van der Waals surface area contributed by atoms with Crippen LogP contribution < -0.4 is 5.32 Å². The molecule has 22 heavy (non-hydrogen) atoms. The van der Waals surface area contributed by atoms with Gasteiger partial charge in [0.2, 0.25) is 0 Å². The van der Waals surface area contributed by atoms with Crippen molar-refractivity contribution in [1.82, 2.24) is 10.3 Å². The van der Waals surface area contributed by atoms with Gasteiger partial charge < -0.3 is 5.32 Å². The standard InChI is InChI=1S/C19H23FN2/c1-13(15-10-16(20)12-21-11-15)22-18-17-7-5-4-6-14(17)8-9-19(18,2)3/h4-7,10-13,18,22H,8-9H2,1-3H3/t13-,18-/m0/s1. The minimum atomic E-state index is -0.283. The van der Waals surface area contributed by atoms with E-state index in [1.54, 1.807) is 12.3 Å². The van der Waals surface area contributed by atoms with Crippen molar-refractivity contribution >= 4 is 0 Å². The number of rotatable bonds is 3. The molecule has 1 aliphatic rings. The molecule has 1 heterocycles. The molecule has 0 aliphatic heterocycles. The molecule has 0 saturated heterocycles.